The number of carbonyl (C=O) groups is 2. The summed E-state index contributed by atoms with van der Waals surface area (Å²) in [5, 5.41) is 3.34. The van der Waals surface area contributed by atoms with Crippen LogP contribution in [0.25, 0.3) is 5.70 Å². The van der Waals surface area contributed by atoms with E-state index in [1.165, 1.54) is 0 Å². The number of Topliss-reactive ketones (excluding diaryl/α,β-unsaturated/α-hetero) is 1. The molecule has 0 radical (unpaired) electrons. The highest BCUT2D eigenvalue weighted by molar-refractivity contribution is 6.12. The molecular weight excluding hydrogens is 300 g/mol. The summed E-state index contributed by atoms with van der Waals surface area (Å²) in [4.78, 5) is 26.5. The molecule has 4 heteroatoms. The van der Waals surface area contributed by atoms with E-state index in [1.54, 1.807) is 4.90 Å². The molecule has 24 heavy (non-hydrogen) atoms. The van der Waals surface area contributed by atoms with E-state index in [1.807, 2.05) is 45.9 Å². The molecule has 1 aromatic carbocycles. The highest BCUT2D eigenvalue weighted by Gasteiger charge is 2.36. The first-order chi connectivity index (χ1) is 11.4. The quantitative estimate of drug-likeness (QED) is 0.766. The number of amides is 1. The molecule has 1 atom stereocenters. The van der Waals surface area contributed by atoms with Crippen LogP contribution in [0.4, 0.5) is 5.69 Å². The molecule has 0 saturated heterocycles. The van der Waals surface area contributed by atoms with Crippen LogP contribution >= 0.6 is 0 Å². The van der Waals surface area contributed by atoms with Gasteiger partial charge in [-0.25, -0.2) is 0 Å². The molecule has 1 aliphatic rings. The van der Waals surface area contributed by atoms with Crippen LogP contribution < -0.4 is 5.32 Å². The molecule has 130 valence electrons. The van der Waals surface area contributed by atoms with Crippen molar-refractivity contribution in [1.29, 1.82) is 0 Å². The van der Waals surface area contributed by atoms with Gasteiger partial charge in [-0.1, -0.05) is 25.6 Å². The SMILES string of the molecule is C=C1c2cccc(NC(C)C)c2C(=O)N1C(C)CCC(=O)CCC. The predicted octanol–water partition coefficient (Wildman–Crippen LogP) is 4.47. The van der Waals surface area contributed by atoms with Gasteiger partial charge < -0.3 is 10.2 Å². The lowest BCUT2D eigenvalue weighted by Crippen LogP contribution is -2.33. The summed E-state index contributed by atoms with van der Waals surface area (Å²) in [5.74, 6) is 0.246. The molecular formula is C20H28N2O2. The average molecular weight is 328 g/mol. The minimum atomic E-state index is -0.0369. The van der Waals surface area contributed by atoms with Crippen molar-refractivity contribution in [3.05, 3.63) is 35.9 Å². The first-order valence-corrected chi connectivity index (χ1v) is 8.80. The van der Waals surface area contributed by atoms with Gasteiger partial charge in [-0.2, -0.15) is 0 Å². The summed E-state index contributed by atoms with van der Waals surface area (Å²) in [5.41, 5.74) is 3.17. The van der Waals surface area contributed by atoms with E-state index < -0.39 is 0 Å². The zero-order valence-electron chi connectivity index (χ0n) is 15.2. The largest absolute Gasteiger partial charge is 0.382 e. The number of fused-ring (bicyclic) bond motifs is 1. The minimum Gasteiger partial charge on any atom is -0.382 e. The zero-order valence-corrected chi connectivity index (χ0v) is 15.2. The fourth-order valence-corrected chi connectivity index (χ4v) is 3.20. The molecule has 0 fully saturated rings. The van der Waals surface area contributed by atoms with Gasteiger partial charge >= 0.3 is 0 Å². The molecule has 0 aliphatic carbocycles. The summed E-state index contributed by atoms with van der Waals surface area (Å²) >= 11 is 0. The minimum absolute atomic E-state index is 0.0193. The number of benzene rings is 1. The Balaban J connectivity index is 2.18. The predicted molar refractivity (Wildman–Crippen MR) is 99.0 cm³/mol. The Kier molecular flexibility index (Phi) is 5.81. The van der Waals surface area contributed by atoms with Crippen molar-refractivity contribution < 1.29 is 9.59 Å². The van der Waals surface area contributed by atoms with E-state index in [0.717, 1.165) is 23.4 Å². The molecule has 4 nitrogen and oxygen atoms in total. The van der Waals surface area contributed by atoms with Gasteiger partial charge in [0.2, 0.25) is 0 Å². The number of hydrogen-bond donors (Lipinski definition) is 1. The van der Waals surface area contributed by atoms with Crippen LogP contribution in [0.3, 0.4) is 0 Å². The first-order valence-electron chi connectivity index (χ1n) is 8.80. The van der Waals surface area contributed by atoms with Crippen LogP contribution in [-0.4, -0.2) is 28.7 Å². The molecule has 0 saturated carbocycles. The standard InChI is InChI=1S/C20H28N2O2/c1-6-8-16(23)12-11-14(4)22-15(5)17-9-7-10-18(21-13(2)3)19(17)20(22)24/h7,9-10,13-14,21H,5-6,8,11-12H2,1-4H3. The van der Waals surface area contributed by atoms with Crippen molar-refractivity contribution >= 4 is 23.1 Å². The summed E-state index contributed by atoms with van der Waals surface area (Å²) in [7, 11) is 0. The highest BCUT2D eigenvalue weighted by atomic mass is 16.2. The second kappa shape index (κ2) is 7.65. The van der Waals surface area contributed by atoms with E-state index >= 15 is 0 Å². The molecule has 0 aromatic heterocycles. The van der Waals surface area contributed by atoms with Crippen LogP contribution in [0.15, 0.2) is 24.8 Å². The van der Waals surface area contributed by atoms with Crippen molar-refractivity contribution in [2.24, 2.45) is 0 Å². The number of rotatable bonds is 8. The lowest BCUT2D eigenvalue weighted by Gasteiger charge is -2.25. The fourth-order valence-electron chi connectivity index (χ4n) is 3.20. The van der Waals surface area contributed by atoms with Gasteiger partial charge in [0.25, 0.3) is 5.91 Å². The summed E-state index contributed by atoms with van der Waals surface area (Å²) < 4.78 is 0. The number of hydrogen-bond acceptors (Lipinski definition) is 3. The first kappa shape index (κ1) is 18.2. The smallest absolute Gasteiger partial charge is 0.261 e. The summed E-state index contributed by atoms with van der Waals surface area (Å²) in [6.07, 6.45) is 2.67. The van der Waals surface area contributed by atoms with Gasteiger partial charge in [0.15, 0.2) is 0 Å². The van der Waals surface area contributed by atoms with Crippen LogP contribution in [0, 0.1) is 0 Å². The maximum absolute atomic E-state index is 13.0. The second-order valence-corrected chi connectivity index (χ2v) is 6.83. The molecule has 2 rings (SSSR count). The molecule has 1 aromatic rings. The Morgan fingerprint density at radius 1 is 1.25 bits per heavy atom. The van der Waals surface area contributed by atoms with E-state index in [4.69, 9.17) is 0 Å². The van der Waals surface area contributed by atoms with E-state index in [9.17, 15) is 9.59 Å². The summed E-state index contributed by atoms with van der Waals surface area (Å²) in [6, 6.07) is 6.03. The number of anilines is 1. The lowest BCUT2D eigenvalue weighted by molar-refractivity contribution is -0.119. The molecule has 1 heterocycles. The third-order valence-corrected chi connectivity index (χ3v) is 4.35. The van der Waals surface area contributed by atoms with E-state index in [2.05, 4.69) is 11.9 Å². The van der Waals surface area contributed by atoms with Crippen LogP contribution in [0.2, 0.25) is 0 Å². The van der Waals surface area contributed by atoms with Crippen LogP contribution in [-0.2, 0) is 4.79 Å². The van der Waals surface area contributed by atoms with Crippen molar-refractivity contribution in [3.63, 3.8) is 0 Å². The third-order valence-electron chi connectivity index (χ3n) is 4.35. The Morgan fingerprint density at radius 3 is 2.58 bits per heavy atom. The lowest BCUT2D eigenvalue weighted by atomic mass is 10.1. The van der Waals surface area contributed by atoms with Crippen LogP contribution in [0.5, 0.6) is 0 Å². The average Bonchev–Trinajstić information content (AvgIpc) is 2.77. The van der Waals surface area contributed by atoms with Gasteiger partial charge in [0.05, 0.1) is 5.56 Å². The molecule has 0 spiro atoms. The normalized spacial score (nSPS) is 15.0. The second-order valence-electron chi connectivity index (χ2n) is 6.83. The zero-order chi connectivity index (χ0) is 17.9. The van der Waals surface area contributed by atoms with Crippen molar-refractivity contribution in [2.75, 3.05) is 5.32 Å². The molecule has 1 aliphatic heterocycles. The van der Waals surface area contributed by atoms with Crippen molar-refractivity contribution in [1.82, 2.24) is 4.90 Å². The van der Waals surface area contributed by atoms with Gasteiger partial charge in [-0.3, -0.25) is 9.59 Å². The Labute approximate surface area is 144 Å². The number of nitrogens with one attached hydrogen (secondary N) is 1. The van der Waals surface area contributed by atoms with E-state index in [-0.39, 0.29) is 23.8 Å². The monoisotopic (exact) mass is 328 g/mol. The molecule has 1 unspecified atom stereocenters. The highest BCUT2D eigenvalue weighted by Crippen LogP contribution is 2.38. The van der Waals surface area contributed by atoms with E-state index in [0.29, 0.717) is 24.8 Å². The maximum atomic E-state index is 13.0. The third kappa shape index (κ3) is 3.69. The molecule has 1 amide bonds. The Hall–Kier alpha value is -2.10. The summed E-state index contributed by atoms with van der Waals surface area (Å²) in [6.45, 7) is 12.2. The van der Waals surface area contributed by atoms with Gasteiger partial charge in [-0.05, 0) is 39.7 Å². The maximum Gasteiger partial charge on any atom is 0.261 e. The number of carbonyl (C=O) groups excluding carboxylic acids is 2. The molecule has 1 N–H and O–H groups in total. The van der Waals surface area contributed by atoms with Crippen molar-refractivity contribution in [3.8, 4) is 0 Å². The molecule has 0 bridgehead atoms. The van der Waals surface area contributed by atoms with Gasteiger partial charge in [0.1, 0.15) is 5.78 Å². The Bertz CT molecular complexity index is 649. The van der Waals surface area contributed by atoms with Crippen molar-refractivity contribution in [2.45, 2.75) is 65.5 Å². The number of ketones is 1. The van der Waals surface area contributed by atoms with Crippen LogP contribution in [0.1, 0.15) is 69.3 Å². The van der Waals surface area contributed by atoms with Gasteiger partial charge in [-0.15, -0.1) is 0 Å². The van der Waals surface area contributed by atoms with Gasteiger partial charge in [0, 0.05) is 41.9 Å². The Morgan fingerprint density at radius 2 is 1.96 bits per heavy atom. The fraction of sp³-hybridized carbons (Fsp3) is 0.500. The topological polar surface area (TPSA) is 49.4 Å². The number of nitrogens with zero attached hydrogens (tertiary/aromatic N) is 1.